The van der Waals surface area contributed by atoms with E-state index in [1.807, 2.05) is 6.07 Å². The zero-order valence-electron chi connectivity index (χ0n) is 21.8. The maximum absolute atomic E-state index is 12.3. The van der Waals surface area contributed by atoms with E-state index in [-0.39, 0.29) is 37.9 Å². The molecule has 0 bridgehead atoms. The summed E-state index contributed by atoms with van der Waals surface area (Å²) in [5.41, 5.74) is 6.80. The van der Waals surface area contributed by atoms with Gasteiger partial charge in [-0.25, -0.2) is 0 Å². The number of azo groups is 1. The van der Waals surface area contributed by atoms with Crippen molar-refractivity contribution in [1.82, 2.24) is 0 Å². The van der Waals surface area contributed by atoms with E-state index < -0.39 is 35.4 Å². The van der Waals surface area contributed by atoms with Crippen molar-refractivity contribution in [2.75, 3.05) is 11.1 Å². The Morgan fingerprint density at radius 1 is 0.951 bits per heavy atom. The molecule has 12 nitrogen and oxygen atoms in total. The van der Waals surface area contributed by atoms with Crippen LogP contribution in [-0.2, 0) is 25.0 Å². The molecule has 1 aromatic heterocycles. The molecule has 0 saturated carbocycles. The number of fused-ring (bicyclic) bond motifs is 1. The Labute approximate surface area is 239 Å². The number of nitrogens with zero attached hydrogens (tertiary/aromatic N) is 3. The Morgan fingerprint density at radius 2 is 1.59 bits per heavy atom. The van der Waals surface area contributed by atoms with Crippen molar-refractivity contribution in [2.45, 2.75) is 30.6 Å². The van der Waals surface area contributed by atoms with Crippen LogP contribution in [0.1, 0.15) is 26.3 Å². The number of hydrogen-bond donors (Lipinski definition) is 4. The third-order valence-electron chi connectivity index (χ3n) is 5.86. The molecule has 212 valence electrons. The lowest BCUT2D eigenvalue weighted by molar-refractivity contribution is -0.123. The molecule has 0 spiro atoms. The van der Waals surface area contributed by atoms with Gasteiger partial charge in [0.25, 0.3) is 20.2 Å². The molecule has 1 amide bonds. The second-order valence-corrected chi connectivity index (χ2v) is 13.7. The first-order chi connectivity index (χ1) is 19.0. The molecule has 15 heteroatoms. The second kappa shape index (κ2) is 10.7. The molecule has 0 atom stereocenters. The summed E-state index contributed by atoms with van der Waals surface area (Å²) >= 11 is 0.940. The van der Waals surface area contributed by atoms with Crippen LogP contribution in [0.2, 0.25) is 0 Å². The number of carbonyl (C=O) groups excluding carboxylic acids is 1. The van der Waals surface area contributed by atoms with Crippen LogP contribution in [0.25, 0.3) is 21.9 Å². The van der Waals surface area contributed by atoms with E-state index in [0.29, 0.717) is 16.8 Å². The highest BCUT2D eigenvalue weighted by Gasteiger charge is 2.23. The number of amides is 1. The Balaban J connectivity index is 1.83. The van der Waals surface area contributed by atoms with Gasteiger partial charge in [0.2, 0.25) is 5.91 Å². The topological polar surface area (TPSA) is 212 Å². The normalized spacial score (nSPS) is 12.5. The first-order valence-electron chi connectivity index (χ1n) is 11.7. The molecule has 4 aromatic rings. The summed E-state index contributed by atoms with van der Waals surface area (Å²) in [5.74, 6) is -0.186. The number of benzene rings is 3. The lowest BCUT2D eigenvalue weighted by Crippen LogP contribution is -2.27. The average Bonchev–Trinajstić information content (AvgIpc) is 3.20. The van der Waals surface area contributed by atoms with Crippen LogP contribution < -0.4 is 11.1 Å². The smallest absolute Gasteiger partial charge is 0.295 e. The number of hydrogen-bond acceptors (Lipinski definition) is 10. The van der Waals surface area contributed by atoms with E-state index >= 15 is 0 Å². The number of nitriles is 1. The standard InChI is InChI=1S/C26H23N5O7S3/c1-26(2,3)25(32)29-15-9-7-14(8-10-15)22-19(13-27)23(28)39-24(22)31-30-16-11-18-17(21(12-16)41(36,37)38)5-4-6-20(18)40(33,34)35/h4-12H,28H2,1-3H3,(H,29,32)(H,33,34,35)(H,36,37,38). The quantitative estimate of drug-likeness (QED) is 0.150. The first-order valence-corrected chi connectivity index (χ1v) is 15.4. The van der Waals surface area contributed by atoms with Gasteiger partial charge in [0.05, 0.1) is 11.3 Å². The molecular weight excluding hydrogens is 591 g/mol. The predicted molar refractivity (Wildman–Crippen MR) is 155 cm³/mol. The minimum Gasteiger partial charge on any atom is -0.389 e. The summed E-state index contributed by atoms with van der Waals surface area (Å²) in [4.78, 5) is 11.1. The number of thiophene rings is 1. The zero-order chi connectivity index (χ0) is 30.3. The Morgan fingerprint density at radius 3 is 2.15 bits per heavy atom. The van der Waals surface area contributed by atoms with Crippen molar-refractivity contribution < 1.29 is 30.7 Å². The van der Waals surface area contributed by atoms with Gasteiger partial charge in [0, 0.05) is 27.4 Å². The maximum atomic E-state index is 12.3. The van der Waals surface area contributed by atoms with Crippen molar-refractivity contribution in [3.05, 3.63) is 60.2 Å². The van der Waals surface area contributed by atoms with E-state index in [4.69, 9.17) is 5.73 Å². The van der Waals surface area contributed by atoms with E-state index in [2.05, 4.69) is 15.5 Å². The monoisotopic (exact) mass is 613 g/mol. The summed E-state index contributed by atoms with van der Waals surface area (Å²) in [6.07, 6.45) is 0. The lowest BCUT2D eigenvalue weighted by Gasteiger charge is -2.17. The van der Waals surface area contributed by atoms with Gasteiger partial charge in [0.1, 0.15) is 25.9 Å². The SMILES string of the molecule is CC(C)(C)C(=O)Nc1ccc(-c2c(N=Nc3cc(S(=O)(=O)O)c4cccc(S(=O)(=O)O)c4c3)sc(N)c2C#N)cc1. The van der Waals surface area contributed by atoms with Crippen LogP contribution in [0, 0.1) is 16.7 Å². The number of anilines is 2. The summed E-state index contributed by atoms with van der Waals surface area (Å²) < 4.78 is 67.5. The summed E-state index contributed by atoms with van der Waals surface area (Å²) in [6.45, 7) is 5.33. The van der Waals surface area contributed by atoms with Crippen LogP contribution >= 0.6 is 11.3 Å². The number of rotatable bonds is 6. The fourth-order valence-electron chi connectivity index (χ4n) is 3.83. The van der Waals surface area contributed by atoms with Gasteiger partial charge < -0.3 is 11.1 Å². The van der Waals surface area contributed by atoms with Gasteiger partial charge in [0.15, 0.2) is 0 Å². The van der Waals surface area contributed by atoms with Gasteiger partial charge in [-0.1, -0.05) is 56.4 Å². The Kier molecular flexibility index (Phi) is 7.74. The van der Waals surface area contributed by atoms with Crippen LogP contribution in [0.5, 0.6) is 0 Å². The summed E-state index contributed by atoms with van der Waals surface area (Å²) in [7, 11) is -9.61. The number of nitrogens with one attached hydrogen (secondary N) is 1. The Bertz CT molecular complexity index is 1990. The zero-order valence-corrected chi connectivity index (χ0v) is 24.2. The van der Waals surface area contributed by atoms with Crippen LogP contribution in [0.4, 0.5) is 21.4 Å². The van der Waals surface area contributed by atoms with Crippen LogP contribution in [0.15, 0.2) is 74.6 Å². The third kappa shape index (κ3) is 6.26. The van der Waals surface area contributed by atoms with Gasteiger partial charge in [-0.3, -0.25) is 13.9 Å². The van der Waals surface area contributed by atoms with E-state index in [1.165, 1.54) is 18.2 Å². The molecule has 0 aliphatic heterocycles. The van der Waals surface area contributed by atoms with Crippen molar-refractivity contribution in [1.29, 1.82) is 5.26 Å². The first kappa shape index (κ1) is 29.8. The summed E-state index contributed by atoms with van der Waals surface area (Å²) in [5, 5.41) is 20.7. The summed E-state index contributed by atoms with van der Waals surface area (Å²) in [6, 6.07) is 14.4. The largest absolute Gasteiger partial charge is 0.389 e. The molecule has 0 radical (unpaired) electrons. The van der Waals surface area contributed by atoms with E-state index in [1.54, 1.807) is 45.0 Å². The van der Waals surface area contributed by atoms with Crippen molar-refractivity contribution in [3.8, 4) is 17.2 Å². The van der Waals surface area contributed by atoms with Crippen LogP contribution in [0.3, 0.4) is 0 Å². The van der Waals surface area contributed by atoms with Crippen molar-refractivity contribution in [3.63, 3.8) is 0 Å². The van der Waals surface area contributed by atoms with Gasteiger partial charge in [-0.2, -0.15) is 22.1 Å². The number of nitrogen functional groups attached to an aromatic ring is 1. The Hall–Kier alpha value is -4.20. The van der Waals surface area contributed by atoms with Gasteiger partial charge >= 0.3 is 0 Å². The van der Waals surface area contributed by atoms with E-state index in [0.717, 1.165) is 23.5 Å². The number of carbonyl (C=O) groups is 1. The minimum atomic E-state index is -4.85. The minimum absolute atomic E-state index is 0.126. The predicted octanol–water partition coefficient (Wildman–Crippen LogP) is 5.92. The maximum Gasteiger partial charge on any atom is 0.295 e. The van der Waals surface area contributed by atoms with Gasteiger partial charge in [-0.05, 0) is 35.9 Å². The van der Waals surface area contributed by atoms with Crippen molar-refractivity contribution >= 4 is 69.6 Å². The molecule has 0 unspecified atom stereocenters. The molecule has 0 aliphatic rings. The molecule has 4 rings (SSSR count). The lowest BCUT2D eigenvalue weighted by atomic mass is 9.95. The highest BCUT2D eigenvalue weighted by atomic mass is 32.2. The fourth-order valence-corrected chi connectivity index (χ4v) is 6.12. The van der Waals surface area contributed by atoms with Crippen LogP contribution in [-0.4, -0.2) is 31.8 Å². The highest BCUT2D eigenvalue weighted by molar-refractivity contribution is 7.86. The molecule has 1 heterocycles. The molecule has 5 N–H and O–H groups in total. The molecule has 3 aromatic carbocycles. The average molecular weight is 614 g/mol. The molecule has 0 fully saturated rings. The fraction of sp³-hybridized carbons (Fsp3) is 0.154. The third-order valence-corrected chi connectivity index (χ3v) is 8.56. The molecular formula is C26H23N5O7S3. The van der Waals surface area contributed by atoms with Crippen molar-refractivity contribution in [2.24, 2.45) is 15.6 Å². The molecule has 0 saturated heterocycles. The molecule has 41 heavy (non-hydrogen) atoms. The highest BCUT2D eigenvalue weighted by Crippen LogP contribution is 2.45. The van der Waals surface area contributed by atoms with Gasteiger partial charge in [-0.15, -0.1) is 10.2 Å². The second-order valence-electron chi connectivity index (χ2n) is 9.86. The molecule has 0 aliphatic carbocycles. The van der Waals surface area contributed by atoms with E-state index in [9.17, 15) is 36.0 Å². The number of nitrogens with two attached hydrogens (primary N) is 1.